The molecule has 3 rings (SSSR count). The van der Waals surface area contributed by atoms with Crippen LogP contribution in [0.1, 0.15) is 65.4 Å². The standard InChI is InChI=1S/C23H24N6O3/c1-6-32-22(31)19-13-29(28-27-19)20-10-18(12-25-14(20)2)26-21(30)16-7-15(11-24)8-17(9-16)23(3,4)5/h7-10,12-13H,6H2,1-5H3,(H,26,30). The van der Waals surface area contributed by atoms with Crippen molar-refractivity contribution in [1.82, 2.24) is 20.0 Å². The second-order valence-electron chi connectivity index (χ2n) is 8.21. The van der Waals surface area contributed by atoms with Crippen molar-refractivity contribution >= 4 is 17.6 Å². The molecular formula is C23H24N6O3. The number of ether oxygens (including phenoxy) is 1. The Morgan fingerprint density at radius 1 is 1.22 bits per heavy atom. The molecule has 0 aliphatic rings. The number of nitriles is 1. The minimum absolute atomic E-state index is 0.0729. The number of aromatic nitrogens is 4. The molecule has 1 aromatic carbocycles. The van der Waals surface area contributed by atoms with Crippen molar-refractivity contribution in [3.8, 4) is 11.8 Å². The lowest BCUT2D eigenvalue weighted by Gasteiger charge is -2.20. The van der Waals surface area contributed by atoms with Crippen molar-refractivity contribution in [3.63, 3.8) is 0 Å². The summed E-state index contributed by atoms with van der Waals surface area (Å²) in [6.45, 7) is 9.77. The molecule has 9 heteroatoms. The summed E-state index contributed by atoms with van der Waals surface area (Å²) in [6, 6.07) is 8.91. The van der Waals surface area contributed by atoms with Crippen LogP contribution >= 0.6 is 0 Å². The summed E-state index contributed by atoms with van der Waals surface area (Å²) in [7, 11) is 0. The van der Waals surface area contributed by atoms with Gasteiger partial charge in [0.15, 0.2) is 5.69 Å². The molecule has 9 nitrogen and oxygen atoms in total. The average Bonchev–Trinajstić information content (AvgIpc) is 3.24. The summed E-state index contributed by atoms with van der Waals surface area (Å²) >= 11 is 0. The zero-order chi connectivity index (χ0) is 23.5. The third-order valence-electron chi connectivity index (χ3n) is 4.73. The fourth-order valence-corrected chi connectivity index (χ4v) is 2.96. The molecule has 0 atom stereocenters. The molecule has 32 heavy (non-hydrogen) atoms. The third kappa shape index (κ3) is 4.98. The van der Waals surface area contributed by atoms with Crippen LogP contribution in [0.3, 0.4) is 0 Å². The van der Waals surface area contributed by atoms with Gasteiger partial charge < -0.3 is 10.1 Å². The van der Waals surface area contributed by atoms with Crippen molar-refractivity contribution in [3.05, 3.63) is 64.7 Å². The molecule has 1 N–H and O–H groups in total. The molecule has 0 radical (unpaired) electrons. The normalized spacial score (nSPS) is 11.0. The molecule has 0 spiro atoms. The topological polar surface area (TPSA) is 123 Å². The first-order chi connectivity index (χ1) is 15.1. The van der Waals surface area contributed by atoms with E-state index in [0.29, 0.717) is 28.2 Å². The van der Waals surface area contributed by atoms with Crippen molar-refractivity contribution < 1.29 is 14.3 Å². The average molecular weight is 432 g/mol. The summed E-state index contributed by atoms with van der Waals surface area (Å²) in [5, 5.41) is 20.0. The molecule has 0 unspecified atom stereocenters. The highest BCUT2D eigenvalue weighted by Gasteiger charge is 2.19. The van der Waals surface area contributed by atoms with Crippen LogP contribution in [-0.4, -0.2) is 38.5 Å². The van der Waals surface area contributed by atoms with Gasteiger partial charge in [-0.2, -0.15) is 5.26 Å². The molecule has 1 amide bonds. The molecule has 2 heterocycles. The number of carbonyl (C=O) groups is 2. The predicted molar refractivity (Wildman–Crippen MR) is 118 cm³/mol. The zero-order valence-corrected chi connectivity index (χ0v) is 18.6. The van der Waals surface area contributed by atoms with Crippen LogP contribution < -0.4 is 5.32 Å². The van der Waals surface area contributed by atoms with Crippen molar-refractivity contribution in [1.29, 1.82) is 5.26 Å². The van der Waals surface area contributed by atoms with Crippen LogP contribution in [-0.2, 0) is 10.2 Å². The molecule has 0 saturated heterocycles. The summed E-state index contributed by atoms with van der Waals surface area (Å²) in [5.41, 5.74) is 3.15. The van der Waals surface area contributed by atoms with Gasteiger partial charge in [0.25, 0.3) is 5.91 Å². The first-order valence-corrected chi connectivity index (χ1v) is 10.1. The van der Waals surface area contributed by atoms with Crippen LogP contribution in [0.5, 0.6) is 0 Å². The molecule has 0 aliphatic carbocycles. The summed E-state index contributed by atoms with van der Waals surface area (Å²) in [5.74, 6) is -0.934. The number of nitrogens with one attached hydrogen (secondary N) is 1. The number of hydrogen-bond acceptors (Lipinski definition) is 7. The van der Waals surface area contributed by atoms with Crippen molar-refractivity contribution in [2.24, 2.45) is 0 Å². The number of amides is 1. The monoisotopic (exact) mass is 432 g/mol. The first kappa shape index (κ1) is 22.6. The number of pyridine rings is 1. The molecule has 2 aromatic heterocycles. The number of carbonyl (C=O) groups excluding carboxylic acids is 2. The van der Waals surface area contributed by atoms with Crippen molar-refractivity contribution in [2.75, 3.05) is 11.9 Å². The second kappa shape index (κ2) is 8.98. The van der Waals surface area contributed by atoms with Crippen LogP contribution in [0.25, 0.3) is 5.69 Å². The van der Waals surface area contributed by atoms with Crippen LogP contribution in [0.15, 0.2) is 36.7 Å². The quantitative estimate of drug-likeness (QED) is 0.611. The Morgan fingerprint density at radius 3 is 2.62 bits per heavy atom. The Balaban J connectivity index is 1.89. The van der Waals surface area contributed by atoms with E-state index in [0.717, 1.165) is 5.56 Å². The van der Waals surface area contributed by atoms with E-state index in [1.54, 1.807) is 38.1 Å². The fourth-order valence-electron chi connectivity index (χ4n) is 2.96. The number of esters is 1. The summed E-state index contributed by atoms with van der Waals surface area (Å²) in [6.07, 6.45) is 2.97. The predicted octanol–water partition coefficient (Wildman–Crippen LogP) is 3.57. The maximum atomic E-state index is 12.9. The minimum Gasteiger partial charge on any atom is -0.461 e. The van der Waals surface area contributed by atoms with E-state index in [9.17, 15) is 14.9 Å². The molecule has 0 saturated carbocycles. The highest BCUT2D eigenvalue weighted by Crippen LogP contribution is 2.25. The summed E-state index contributed by atoms with van der Waals surface area (Å²) in [4.78, 5) is 29.1. The molecular weight excluding hydrogens is 408 g/mol. The van der Waals surface area contributed by atoms with E-state index in [1.165, 1.54) is 17.1 Å². The van der Waals surface area contributed by atoms with Gasteiger partial charge in [-0.15, -0.1) is 5.10 Å². The number of aryl methyl sites for hydroxylation is 1. The Hall–Kier alpha value is -4.06. The van der Waals surface area contributed by atoms with Gasteiger partial charge in [-0.3, -0.25) is 9.78 Å². The van der Waals surface area contributed by atoms with E-state index >= 15 is 0 Å². The van der Waals surface area contributed by atoms with Crippen LogP contribution in [0, 0.1) is 18.3 Å². The maximum absolute atomic E-state index is 12.9. The number of benzene rings is 1. The van der Waals surface area contributed by atoms with Gasteiger partial charge in [-0.25, -0.2) is 9.48 Å². The van der Waals surface area contributed by atoms with Gasteiger partial charge in [0.1, 0.15) is 0 Å². The lowest BCUT2D eigenvalue weighted by Crippen LogP contribution is -2.17. The Labute approximate surface area is 186 Å². The lowest BCUT2D eigenvalue weighted by molar-refractivity contribution is 0.0519. The fraction of sp³-hybridized carbons (Fsp3) is 0.304. The largest absolute Gasteiger partial charge is 0.461 e. The van der Waals surface area contributed by atoms with E-state index in [-0.39, 0.29) is 23.6 Å². The number of rotatable bonds is 5. The molecule has 0 bridgehead atoms. The molecule has 0 aliphatic heterocycles. The smallest absolute Gasteiger partial charge is 0.360 e. The number of nitrogens with zero attached hydrogens (tertiary/aromatic N) is 5. The first-order valence-electron chi connectivity index (χ1n) is 10.1. The lowest BCUT2D eigenvalue weighted by atomic mass is 9.85. The molecule has 3 aromatic rings. The SMILES string of the molecule is CCOC(=O)c1cn(-c2cc(NC(=O)c3cc(C#N)cc(C(C)(C)C)c3)cnc2C)nn1. The van der Waals surface area contributed by atoms with Gasteiger partial charge in [0.2, 0.25) is 0 Å². The summed E-state index contributed by atoms with van der Waals surface area (Å²) < 4.78 is 6.34. The highest BCUT2D eigenvalue weighted by molar-refractivity contribution is 6.04. The van der Waals surface area contributed by atoms with Gasteiger partial charge >= 0.3 is 5.97 Å². The van der Waals surface area contributed by atoms with Gasteiger partial charge in [-0.1, -0.05) is 26.0 Å². The van der Waals surface area contributed by atoms with Crippen LogP contribution in [0.4, 0.5) is 5.69 Å². The van der Waals surface area contributed by atoms with E-state index in [2.05, 4.69) is 26.7 Å². The van der Waals surface area contributed by atoms with E-state index < -0.39 is 5.97 Å². The van der Waals surface area contributed by atoms with E-state index in [1.807, 2.05) is 20.8 Å². The molecule has 0 fully saturated rings. The Bertz CT molecular complexity index is 1220. The zero-order valence-electron chi connectivity index (χ0n) is 18.6. The van der Waals surface area contributed by atoms with E-state index in [4.69, 9.17) is 4.74 Å². The Morgan fingerprint density at radius 2 is 1.97 bits per heavy atom. The van der Waals surface area contributed by atoms with Gasteiger partial charge in [0, 0.05) is 5.56 Å². The second-order valence-corrected chi connectivity index (χ2v) is 8.21. The molecule has 164 valence electrons. The Kier molecular flexibility index (Phi) is 6.35. The number of hydrogen-bond donors (Lipinski definition) is 1. The van der Waals surface area contributed by atoms with Crippen molar-refractivity contribution in [2.45, 2.75) is 40.0 Å². The third-order valence-corrected chi connectivity index (χ3v) is 4.73. The van der Waals surface area contributed by atoms with Crippen LogP contribution in [0.2, 0.25) is 0 Å². The number of anilines is 1. The van der Waals surface area contributed by atoms with Gasteiger partial charge in [0.05, 0.1) is 47.7 Å². The highest BCUT2D eigenvalue weighted by atomic mass is 16.5. The van der Waals surface area contributed by atoms with Gasteiger partial charge in [-0.05, 0) is 49.1 Å². The maximum Gasteiger partial charge on any atom is 0.360 e. The minimum atomic E-state index is -0.569.